The number of nitrogens with two attached hydrogens (primary N) is 1. The lowest BCUT2D eigenvalue weighted by Gasteiger charge is -2.27. The van der Waals surface area contributed by atoms with Crippen molar-refractivity contribution in [3.63, 3.8) is 0 Å². The molecule has 0 amide bonds. The second-order valence-electron chi connectivity index (χ2n) is 6.95. The molecule has 0 aliphatic carbocycles. The fraction of sp³-hybridized carbons (Fsp3) is 0.174. The molecule has 0 saturated carbocycles. The van der Waals surface area contributed by atoms with Crippen LogP contribution < -0.4 is 10.5 Å². The van der Waals surface area contributed by atoms with Crippen LogP contribution in [0.4, 0.5) is 0 Å². The summed E-state index contributed by atoms with van der Waals surface area (Å²) >= 11 is 0. The molecule has 0 aromatic heterocycles. The minimum atomic E-state index is -0.213. The number of hydrogen-bond donors (Lipinski definition) is 1. The van der Waals surface area contributed by atoms with Crippen LogP contribution in [0.1, 0.15) is 42.4 Å². The molecule has 0 fully saturated rings. The molecule has 1 heterocycles. The molecule has 1 aliphatic rings. The summed E-state index contributed by atoms with van der Waals surface area (Å²) in [5.41, 5.74) is 9.90. The molecule has 0 unspecified atom stereocenters. The number of allylic oxidation sites excluding steroid dienone is 1. The van der Waals surface area contributed by atoms with Crippen molar-refractivity contribution >= 4 is 10.8 Å². The SMILES string of the molecule is CC(C)c1ccc([C@H]2C(C#N)=C(N)Oc3c2ccc2ccccc32)cc1. The van der Waals surface area contributed by atoms with Crippen molar-refractivity contribution in [3.8, 4) is 11.8 Å². The maximum Gasteiger partial charge on any atom is 0.205 e. The highest BCUT2D eigenvalue weighted by Gasteiger charge is 2.31. The van der Waals surface area contributed by atoms with E-state index in [0.717, 1.165) is 27.6 Å². The van der Waals surface area contributed by atoms with Crippen LogP contribution in [0.2, 0.25) is 0 Å². The van der Waals surface area contributed by atoms with Crippen molar-refractivity contribution in [3.05, 3.63) is 88.8 Å². The van der Waals surface area contributed by atoms with Crippen LogP contribution in [0.3, 0.4) is 0 Å². The van der Waals surface area contributed by atoms with Gasteiger partial charge in [0.15, 0.2) is 0 Å². The first-order chi connectivity index (χ1) is 12.6. The van der Waals surface area contributed by atoms with Gasteiger partial charge in [-0.15, -0.1) is 0 Å². The Bertz CT molecular complexity index is 1060. The average molecular weight is 340 g/mol. The summed E-state index contributed by atoms with van der Waals surface area (Å²) in [6.45, 7) is 4.34. The molecule has 0 saturated heterocycles. The van der Waals surface area contributed by atoms with E-state index in [0.29, 0.717) is 11.5 Å². The molecule has 0 bridgehead atoms. The highest BCUT2D eigenvalue weighted by Crippen LogP contribution is 2.45. The molecule has 2 N–H and O–H groups in total. The monoisotopic (exact) mass is 340 g/mol. The molecule has 4 rings (SSSR count). The lowest BCUT2D eigenvalue weighted by Crippen LogP contribution is -2.21. The number of nitrogens with zero attached hydrogens (tertiary/aromatic N) is 1. The van der Waals surface area contributed by atoms with Crippen molar-refractivity contribution in [2.75, 3.05) is 0 Å². The van der Waals surface area contributed by atoms with E-state index < -0.39 is 0 Å². The zero-order valence-electron chi connectivity index (χ0n) is 14.9. The fourth-order valence-corrected chi connectivity index (χ4v) is 3.60. The summed E-state index contributed by atoms with van der Waals surface area (Å²) in [5.74, 6) is 1.19. The predicted molar refractivity (Wildman–Crippen MR) is 104 cm³/mol. The van der Waals surface area contributed by atoms with Gasteiger partial charge in [-0.05, 0) is 22.4 Å². The largest absolute Gasteiger partial charge is 0.440 e. The summed E-state index contributed by atoms with van der Waals surface area (Å²) < 4.78 is 5.90. The van der Waals surface area contributed by atoms with E-state index in [9.17, 15) is 5.26 Å². The summed E-state index contributed by atoms with van der Waals surface area (Å²) in [7, 11) is 0. The van der Waals surface area contributed by atoms with Crippen LogP contribution in [0.15, 0.2) is 72.1 Å². The molecule has 3 heteroatoms. The smallest absolute Gasteiger partial charge is 0.205 e. The van der Waals surface area contributed by atoms with Crippen LogP contribution in [0.5, 0.6) is 5.75 Å². The molecule has 3 aromatic rings. The normalized spacial score (nSPS) is 16.3. The standard InChI is InChI=1S/C23H20N2O/c1-14(2)15-7-9-17(10-8-15)21-19-12-11-16-5-3-4-6-18(16)22(19)26-23(25)20(21)13-24/h3-12,14,21H,25H2,1-2H3/t21-/m1/s1. The zero-order valence-corrected chi connectivity index (χ0v) is 14.9. The van der Waals surface area contributed by atoms with Gasteiger partial charge in [0.2, 0.25) is 5.88 Å². The van der Waals surface area contributed by atoms with Crippen LogP contribution in [0.25, 0.3) is 10.8 Å². The van der Waals surface area contributed by atoms with E-state index in [1.54, 1.807) is 0 Å². The Morgan fingerprint density at radius 1 is 1.00 bits per heavy atom. The molecule has 1 aliphatic heterocycles. The van der Waals surface area contributed by atoms with Gasteiger partial charge in [-0.2, -0.15) is 5.26 Å². The highest BCUT2D eigenvalue weighted by atomic mass is 16.5. The molecule has 1 atom stereocenters. The highest BCUT2D eigenvalue weighted by molar-refractivity contribution is 5.90. The van der Waals surface area contributed by atoms with Gasteiger partial charge in [0.05, 0.1) is 5.92 Å². The van der Waals surface area contributed by atoms with E-state index in [2.05, 4.69) is 50.2 Å². The van der Waals surface area contributed by atoms with E-state index in [4.69, 9.17) is 10.5 Å². The quantitative estimate of drug-likeness (QED) is 0.699. The minimum Gasteiger partial charge on any atom is -0.440 e. The Morgan fingerprint density at radius 3 is 2.42 bits per heavy atom. The van der Waals surface area contributed by atoms with Crippen LogP contribution in [-0.2, 0) is 0 Å². The number of nitriles is 1. The maximum atomic E-state index is 9.71. The molecular weight excluding hydrogens is 320 g/mol. The molecule has 0 radical (unpaired) electrons. The van der Waals surface area contributed by atoms with Gasteiger partial charge in [-0.1, -0.05) is 74.5 Å². The Labute approximate surface area is 153 Å². The average Bonchev–Trinajstić information content (AvgIpc) is 2.67. The molecule has 0 spiro atoms. The lowest BCUT2D eigenvalue weighted by atomic mass is 9.82. The number of benzene rings is 3. The van der Waals surface area contributed by atoms with Gasteiger partial charge in [-0.25, -0.2) is 0 Å². The fourth-order valence-electron chi connectivity index (χ4n) is 3.60. The third-order valence-electron chi connectivity index (χ3n) is 5.04. The van der Waals surface area contributed by atoms with Crippen molar-refractivity contribution in [1.82, 2.24) is 0 Å². The first-order valence-corrected chi connectivity index (χ1v) is 8.79. The maximum absolute atomic E-state index is 9.71. The summed E-state index contributed by atoms with van der Waals surface area (Å²) in [4.78, 5) is 0. The van der Waals surface area contributed by atoms with Gasteiger partial charge in [0, 0.05) is 10.9 Å². The molecule has 128 valence electrons. The minimum absolute atomic E-state index is 0.189. The van der Waals surface area contributed by atoms with Gasteiger partial charge >= 0.3 is 0 Å². The topological polar surface area (TPSA) is 59.0 Å². The Hall–Kier alpha value is -3.25. The number of hydrogen-bond acceptors (Lipinski definition) is 3. The summed E-state index contributed by atoms with van der Waals surface area (Å²) in [5, 5.41) is 11.8. The van der Waals surface area contributed by atoms with Gasteiger partial charge in [-0.3, -0.25) is 0 Å². The van der Waals surface area contributed by atoms with Crippen molar-refractivity contribution in [2.45, 2.75) is 25.7 Å². The number of rotatable bonds is 2. The lowest BCUT2D eigenvalue weighted by molar-refractivity contribution is 0.398. The molecule has 26 heavy (non-hydrogen) atoms. The van der Waals surface area contributed by atoms with Gasteiger partial charge in [0.25, 0.3) is 0 Å². The second kappa shape index (κ2) is 6.24. The van der Waals surface area contributed by atoms with Crippen molar-refractivity contribution in [2.24, 2.45) is 5.73 Å². The summed E-state index contributed by atoms with van der Waals surface area (Å²) in [6.07, 6.45) is 0. The molecule has 3 aromatic carbocycles. The Kier molecular flexibility index (Phi) is 3.89. The molecule has 3 nitrogen and oxygen atoms in total. The van der Waals surface area contributed by atoms with E-state index in [1.807, 2.05) is 30.3 Å². The molecular formula is C23H20N2O. The van der Waals surface area contributed by atoms with Crippen LogP contribution in [0, 0.1) is 11.3 Å². The summed E-state index contributed by atoms with van der Waals surface area (Å²) in [6, 6.07) is 22.9. The zero-order chi connectivity index (χ0) is 18.3. The van der Waals surface area contributed by atoms with Crippen molar-refractivity contribution in [1.29, 1.82) is 5.26 Å². The van der Waals surface area contributed by atoms with Gasteiger partial charge in [0.1, 0.15) is 17.4 Å². The van der Waals surface area contributed by atoms with Crippen LogP contribution in [-0.4, -0.2) is 0 Å². The van der Waals surface area contributed by atoms with Crippen LogP contribution >= 0.6 is 0 Å². The third-order valence-corrected chi connectivity index (χ3v) is 5.04. The van der Waals surface area contributed by atoms with E-state index >= 15 is 0 Å². The van der Waals surface area contributed by atoms with Crippen molar-refractivity contribution < 1.29 is 4.74 Å². The Balaban J connectivity index is 1.93. The predicted octanol–water partition coefficient (Wildman–Crippen LogP) is 5.18. The Morgan fingerprint density at radius 2 is 1.73 bits per heavy atom. The first kappa shape index (κ1) is 16.2. The van der Waals surface area contributed by atoms with E-state index in [-0.39, 0.29) is 11.8 Å². The van der Waals surface area contributed by atoms with Gasteiger partial charge < -0.3 is 10.5 Å². The van der Waals surface area contributed by atoms with E-state index in [1.165, 1.54) is 5.56 Å². The second-order valence-corrected chi connectivity index (χ2v) is 6.95. The number of ether oxygens (including phenoxy) is 1. The third kappa shape index (κ3) is 2.51. The number of fused-ring (bicyclic) bond motifs is 3. The first-order valence-electron chi connectivity index (χ1n) is 8.79.